The van der Waals surface area contributed by atoms with Crippen LogP contribution in [0.25, 0.3) is 4.85 Å². The molecule has 0 saturated heterocycles. The number of carboxylic acid groups (broad SMARTS) is 1. The fourth-order valence-electron chi connectivity index (χ4n) is 4.26. The molecule has 0 bridgehead atoms. The van der Waals surface area contributed by atoms with Gasteiger partial charge in [0.1, 0.15) is 18.0 Å². The number of aryl methyl sites for hydroxylation is 1. The summed E-state index contributed by atoms with van der Waals surface area (Å²) in [6.45, 7) is 11.6. The molecule has 0 spiro atoms. The Bertz CT molecular complexity index is 1270. The van der Waals surface area contributed by atoms with E-state index in [1.165, 1.54) is 6.07 Å². The van der Waals surface area contributed by atoms with Crippen molar-refractivity contribution in [2.45, 2.75) is 45.6 Å². The van der Waals surface area contributed by atoms with Gasteiger partial charge in [-0.3, -0.25) is 9.59 Å². The van der Waals surface area contributed by atoms with Crippen molar-refractivity contribution < 1.29 is 24.5 Å². The monoisotopic (exact) mass is 500 g/mol. The minimum atomic E-state index is -0.936. The molecule has 0 heterocycles. The molecule has 0 aliphatic heterocycles. The van der Waals surface area contributed by atoms with Crippen LogP contribution in [-0.4, -0.2) is 41.2 Å². The second-order valence-corrected chi connectivity index (χ2v) is 8.94. The van der Waals surface area contributed by atoms with Crippen LogP contribution in [0.2, 0.25) is 0 Å². The Morgan fingerprint density at radius 3 is 2.46 bits per heavy atom. The minimum absolute atomic E-state index is 0.135. The Kier molecular flexibility index (Phi) is 9.68. The number of phenolic OH excluding ortho intramolecular Hbond substituents is 1. The number of carbonyl (C=O) groups excluding carboxylic acids is 1. The molecule has 7 nitrogen and oxygen atoms in total. The number of nitrogens with zero attached hydrogens (tertiary/aromatic N) is 2. The summed E-state index contributed by atoms with van der Waals surface area (Å²) in [6.07, 6.45) is 2.90. The number of hydrogen-bond acceptors (Lipinski definition) is 5. The van der Waals surface area contributed by atoms with Crippen molar-refractivity contribution in [2.24, 2.45) is 0 Å². The van der Waals surface area contributed by atoms with Gasteiger partial charge in [0.05, 0.1) is 18.2 Å². The number of rotatable bonds is 13. The highest BCUT2D eigenvalue weighted by atomic mass is 16.5. The number of carboxylic acids is 1. The average molecular weight is 501 g/mol. The first kappa shape index (κ1) is 27.3. The Balaban J connectivity index is 1.67. The van der Waals surface area contributed by atoms with Gasteiger partial charge in [-0.05, 0) is 49.9 Å². The maximum absolute atomic E-state index is 12.7. The van der Waals surface area contributed by atoms with Crippen molar-refractivity contribution in [3.63, 3.8) is 0 Å². The van der Waals surface area contributed by atoms with Gasteiger partial charge < -0.3 is 19.8 Å². The predicted molar refractivity (Wildman–Crippen MR) is 144 cm³/mol. The number of ketones is 1. The van der Waals surface area contributed by atoms with Crippen LogP contribution in [0.4, 0.5) is 11.4 Å². The van der Waals surface area contributed by atoms with Crippen LogP contribution < -0.4 is 9.64 Å². The van der Waals surface area contributed by atoms with Gasteiger partial charge in [-0.25, -0.2) is 4.85 Å². The highest BCUT2D eigenvalue weighted by Gasteiger charge is 2.18. The predicted octanol–water partition coefficient (Wildman–Crippen LogP) is 6.40. The lowest BCUT2D eigenvalue weighted by molar-refractivity contribution is -0.135. The molecule has 0 aliphatic rings. The summed E-state index contributed by atoms with van der Waals surface area (Å²) >= 11 is 0. The van der Waals surface area contributed by atoms with Crippen LogP contribution in [0.1, 0.15) is 54.1 Å². The fraction of sp³-hybridized carbons (Fsp3) is 0.300. The van der Waals surface area contributed by atoms with E-state index in [4.69, 9.17) is 11.3 Å². The van der Waals surface area contributed by atoms with Crippen molar-refractivity contribution in [1.82, 2.24) is 0 Å². The minimum Gasteiger partial charge on any atom is -0.507 e. The third kappa shape index (κ3) is 7.58. The number of ether oxygens (including phenoxy) is 1. The Hall–Kier alpha value is -4.31. The maximum atomic E-state index is 12.7. The standard InChI is InChI=1S/C30H32N2O5/c1-4-9-24(12-8-17-32(20-29(34)35)27-18-23(31-3)14-13-21(27)2)37-25-15-16-26(28(33)19-25)30(36)22-10-6-5-7-11-22/h5-7,10-11,13-16,18-19,24,33H,4,8-9,12,17,20H2,1-2H3,(H,34,35). The molecule has 0 radical (unpaired) electrons. The van der Waals surface area contributed by atoms with Crippen molar-refractivity contribution in [3.8, 4) is 11.5 Å². The van der Waals surface area contributed by atoms with Crippen molar-refractivity contribution in [3.05, 3.63) is 94.8 Å². The zero-order valence-electron chi connectivity index (χ0n) is 21.2. The van der Waals surface area contributed by atoms with Gasteiger partial charge in [0.25, 0.3) is 0 Å². The zero-order chi connectivity index (χ0) is 26.8. The summed E-state index contributed by atoms with van der Waals surface area (Å²) in [6, 6.07) is 18.8. The molecule has 2 N–H and O–H groups in total. The van der Waals surface area contributed by atoms with Gasteiger partial charge in [-0.1, -0.05) is 55.8 Å². The highest BCUT2D eigenvalue weighted by molar-refractivity contribution is 6.10. The summed E-state index contributed by atoms with van der Waals surface area (Å²) < 4.78 is 6.16. The van der Waals surface area contributed by atoms with Crippen molar-refractivity contribution in [1.29, 1.82) is 0 Å². The summed E-state index contributed by atoms with van der Waals surface area (Å²) in [5, 5.41) is 19.9. The first-order chi connectivity index (χ1) is 17.8. The van der Waals surface area contributed by atoms with Crippen LogP contribution in [-0.2, 0) is 4.79 Å². The molecule has 0 aliphatic carbocycles. The molecule has 0 amide bonds. The number of benzene rings is 3. The molecule has 0 fully saturated rings. The normalized spacial score (nSPS) is 11.4. The van der Waals surface area contributed by atoms with E-state index >= 15 is 0 Å². The molecule has 3 rings (SSSR count). The van der Waals surface area contributed by atoms with Gasteiger partial charge in [-0.15, -0.1) is 0 Å². The summed E-state index contributed by atoms with van der Waals surface area (Å²) in [4.78, 5) is 29.5. The van der Waals surface area contributed by atoms with E-state index in [0.717, 1.165) is 24.1 Å². The molecule has 1 atom stereocenters. The van der Waals surface area contributed by atoms with Gasteiger partial charge in [0, 0.05) is 23.9 Å². The van der Waals surface area contributed by atoms with E-state index in [1.807, 2.05) is 19.1 Å². The fourth-order valence-corrected chi connectivity index (χ4v) is 4.26. The highest BCUT2D eigenvalue weighted by Crippen LogP contribution is 2.29. The van der Waals surface area contributed by atoms with E-state index in [9.17, 15) is 19.8 Å². The van der Waals surface area contributed by atoms with Crippen LogP contribution >= 0.6 is 0 Å². The van der Waals surface area contributed by atoms with Crippen molar-refractivity contribution >= 4 is 23.1 Å². The molecule has 37 heavy (non-hydrogen) atoms. The summed E-state index contributed by atoms with van der Waals surface area (Å²) in [5.74, 6) is -0.853. The van der Waals surface area contributed by atoms with E-state index < -0.39 is 5.97 Å². The smallest absolute Gasteiger partial charge is 0.323 e. The molecular formula is C30H32N2O5. The van der Waals surface area contributed by atoms with E-state index in [0.29, 0.717) is 36.4 Å². The number of carbonyl (C=O) groups is 2. The number of aliphatic carboxylic acids is 1. The van der Waals surface area contributed by atoms with Gasteiger partial charge in [0.15, 0.2) is 11.5 Å². The SMILES string of the molecule is [C-]#[N+]c1ccc(C)c(N(CCCC(CCC)Oc2ccc(C(=O)c3ccccc3)c(O)c2)CC(=O)O)c1. The number of aromatic hydroxyl groups is 1. The Morgan fingerprint density at radius 1 is 1.05 bits per heavy atom. The third-order valence-corrected chi connectivity index (χ3v) is 6.11. The maximum Gasteiger partial charge on any atom is 0.323 e. The van der Waals surface area contributed by atoms with Crippen molar-refractivity contribution in [2.75, 3.05) is 18.0 Å². The molecule has 192 valence electrons. The molecule has 1 unspecified atom stereocenters. The van der Waals surface area contributed by atoms with Crippen LogP contribution in [0.15, 0.2) is 66.7 Å². The lowest BCUT2D eigenvalue weighted by Crippen LogP contribution is -2.32. The molecule has 0 aromatic heterocycles. The molecule has 3 aromatic rings. The first-order valence-corrected chi connectivity index (χ1v) is 12.4. The number of hydrogen-bond donors (Lipinski definition) is 2. The second-order valence-electron chi connectivity index (χ2n) is 8.94. The lowest BCUT2D eigenvalue weighted by atomic mass is 10.0. The molecular weight excluding hydrogens is 468 g/mol. The van der Waals surface area contributed by atoms with Gasteiger partial charge >= 0.3 is 5.97 Å². The van der Waals surface area contributed by atoms with Crippen LogP contribution in [0.3, 0.4) is 0 Å². The number of phenols is 1. The summed E-state index contributed by atoms with van der Waals surface area (Å²) in [7, 11) is 0. The van der Waals surface area contributed by atoms with E-state index in [-0.39, 0.29) is 29.7 Å². The Labute approximate surface area is 217 Å². The number of anilines is 1. The lowest BCUT2D eigenvalue weighted by Gasteiger charge is -2.26. The quantitative estimate of drug-likeness (QED) is 0.208. The first-order valence-electron chi connectivity index (χ1n) is 12.4. The Morgan fingerprint density at radius 2 is 1.81 bits per heavy atom. The molecule has 7 heteroatoms. The average Bonchev–Trinajstić information content (AvgIpc) is 2.88. The zero-order valence-corrected chi connectivity index (χ0v) is 21.2. The third-order valence-electron chi connectivity index (χ3n) is 6.11. The van der Waals surface area contributed by atoms with E-state index in [2.05, 4.69) is 11.8 Å². The topological polar surface area (TPSA) is 91.4 Å². The van der Waals surface area contributed by atoms with Gasteiger partial charge in [0.2, 0.25) is 0 Å². The summed E-state index contributed by atoms with van der Waals surface area (Å²) in [5.41, 5.74) is 2.84. The molecule has 3 aromatic carbocycles. The second kappa shape index (κ2) is 13.1. The van der Waals surface area contributed by atoms with Crippen LogP contribution in [0, 0.1) is 13.5 Å². The van der Waals surface area contributed by atoms with Gasteiger partial charge in [-0.2, -0.15) is 0 Å². The largest absolute Gasteiger partial charge is 0.507 e. The van der Waals surface area contributed by atoms with Crippen LogP contribution in [0.5, 0.6) is 11.5 Å². The van der Waals surface area contributed by atoms with E-state index in [1.54, 1.807) is 53.4 Å². The molecule has 0 saturated carbocycles.